The van der Waals surface area contributed by atoms with Crippen LogP contribution in [0.15, 0.2) is 36.7 Å². The molecule has 1 aliphatic heterocycles. The number of carbonyl (C=O) groups is 3. The molecule has 32 heavy (non-hydrogen) atoms. The SMILES string of the molecule is C[C@H](NC(=O)OCc1ccccc1)C(=O)OC[C@H]1O[C@@H](n2cnc(C(N)=O)n2)C(O)[C@@H]1O. The number of rotatable bonds is 8. The number of hydrogen-bond acceptors (Lipinski definition) is 10. The minimum Gasteiger partial charge on any atom is -0.461 e. The first-order valence-electron chi connectivity index (χ1n) is 9.62. The lowest BCUT2D eigenvalue weighted by Crippen LogP contribution is -2.41. The fourth-order valence-corrected chi connectivity index (χ4v) is 2.89. The smallest absolute Gasteiger partial charge is 0.408 e. The fourth-order valence-electron chi connectivity index (χ4n) is 2.89. The Morgan fingerprint density at radius 3 is 2.59 bits per heavy atom. The van der Waals surface area contributed by atoms with Crippen LogP contribution in [0.3, 0.4) is 0 Å². The van der Waals surface area contributed by atoms with Crippen LogP contribution in [0.5, 0.6) is 0 Å². The molecule has 0 aliphatic carbocycles. The molecule has 2 heterocycles. The highest BCUT2D eigenvalue weighted by Crippen LogP contribution is 2.29. The second kappa shape index (κ2) is 10.2. The Hall–Kier alpha value is -3.55. The van der Waals surface area contributed by atoms with Gasteiger partial charge < -0.3 is 35.5 Å². The molecule has 0 radical (unpaired) electrons. The van der Waals surface area contributed by atoms with Crippen molar-refractivity contribution in [3.63, 3.8) is 0 Å². The maximum atomic E-state index is 12.2. The number of primary amides is 1. The van der Waals surface area contributed by atoms with E-state index < -0.39 is 55.2 Å². The minimum absolute atomic E-state index is 0.0373. The number of nitrogens with one attached hydrogen (secondary N) is 1. The summed E-state index contributed by atoms with van der Waals surface area (Å²) in [5.74, 6) is -1.96. The Labute approximate surface area is 182 Å². The maximum absolute atomic E-state index is 12.2. The van der Waals surface area contributed by atoms with Crippen LogP contribution in [0.1, 0.15) is 29.3 Å². The molecule has 5 N–H and O–H groups in total. The van der Waals surface area contributed by atoms with E-state index >= 15 is 0 Å². The summed E-state index contributed by atoms with van der Waals surface area (Å²) in [5.41, 5.74) is 5.87. The molecule has 1 unspecified atom stereocenters. The van der Waals surface area contributed by atoms with Gasteiger partial charge in [-0.05, 0) is 12.5 Å². The van der Waals surface area contributed by atoms with Crippen LogP contribution >= 0.6 is 0 Å². The van der Waals surface area contributed by atoms with Crippen LogP contribution < -0.4 is 11.1 Å². The van der Waals surface area contributed by atoms with Gasteiger partial charge in [-0.15, -0.1) is 5.10 Å². The van der Waals surface area contributed by atoms with Crippen molar-refractivity contribution in [2.45, 2.75) is 44.1 Å². The van der Waals surface area contributed by atoms with Crippen LogP contribution in [-0.2, 0) is 25.6 Å². The van der Waals surface area contributed by atoms with E-state index in [1.807, 2.05) is 6.07 Å². The normalized spacial score (nSPS) is 23.3. The first-order chi connectivity index (χ1) is 15.3. The van der Waals surface area contributed by atoms with E-state index in [4.69, 9.17) is 19.9 Å². The van der Waals surface area contributed by atoms with Crippen LogP contribution in [0.4, 0.5) is 4.79 Å². The van der Waals surface area contributed by atoms with Gasteiger partial charge in [0.15, 0.2) is 6.23 Å². The van der Waals surface area contributed by atoms with Crippen molar-refractivity contribution in [3.05, 3.63) is 48.0 Å². The molecule has 13 nitrogen and oxygen atoms in total. The zero-order valence-electron chi connectivity index (χ0n) is 17.0. The summed E-state index contributed by atoms with van der Waals surface area (Å²) in [7, 11) is 0. The second-order valence-electron chi connectivity index (χ2n) is 7.02. The van der Waals surface area contributed by atoms with E-state index in [9.17, 15) is 24.6 Å². The number of benzene rings is 1. The Morgan fingerprint density at radius 2 is 1.94 bits per heavy atom. The molecule has 0 saturated carbocycles. The van der Waals surface area contributed by atoms with Crippen LogP contribution in [0.2, 0.25) is 0 Å². The largest absolute Gasteiger partial charge is 0.461 e. The zero-order chi connectivity index (χ0) is 23.3. The number of esters is 1. The summed E-state index contributed by atoms with van der Waals surface area (Å²) in [4.78, 5) is 38.8. The molecule has 2 amide bonds. The third-order valence-electron chi connectivity index (χ3n) is 4.62. The predicted molar refractivity (Wildman–Crippen MR) is 105 cm³/mol. The average Bonchev–Trinajstić information content (AvgIpc) is 3.37. The van der Waals surface area contributed by atoms with E-state index in [-0.39, 0.29) is 12.4 Å². The van der Waals surface area contributed by atoms with Crippen molar-refractivity contribution < 1.29 is 38.8 Å². The van der Waals surface area contributed by atoms with Crippen LogP contribution in [-0.4, -0.2) is 73.9 Å². The molecule has 2 aromatic rings. The first kappa shape index (κ1) is 23.1. The minimum atomic E-state index is -1.43. The third-order valence-corrected chi connectivity index (χ3v) is 4.62. The van der Waals surface area contributed by atoms with Gasteiger partial charge in [-0.25, -0.2) is 19.3 Å². The molecule has 3 rings (SSSR count). The Bertz CT molecular complexity index is 952. The molecule has 5 atom stereocenters. The van der Waals surface area contributed by atoms with Crippen LogP contribution in [0, 0.1) is 0 Å². The molecule has 13 heteroatoms. The first-order valence-corrected chi connectivity index (χ1v) is 9.62. The van der Waals surface area contributed by atoms with Crippen molar-refractivity contribution >= 4 is 18.0 Å². The van der Waals surface area contributed by atoms with Crippen molar-refractivity contribution in [2.24, 2.45) is 5.73 Å². The second-order valence-corrected chi connectivity index (χ2v) is 7.02. The summed E-state index contributed by atoms with van der Waals surface area (Å²) in [5, 5.41) is 26.5. The van der Waals surface area contributed by atoms with Gasteiger partial charge in [-0.3, -0.25) is 4.79 Å². The molecular formula is C19H23N5O8. The number of aliphatic hydroxyl groups is 2. The number of hydrogen-bond donors (Lipinski definition) is 4. The van der Waals surface area contributed by atoms with E-state index in [2.05, 4.69) is 15.4 Å². The van der Waals surface area contributed by atoms with Crippen molar-refractivity contribution in [1.29, 1.82) is 0 Å². The number of aromatic nitrogens is 3. The summed E-state index contributed by atoms with van der Waals surface area (Å²) >= 11 is 0. The Balaban J connectivity index is 1.46. The van der Waals surface area contributed by atoms with Gasteiger partial charge in [0.05, 0.1) is 0 Å². The predicted octanol–water partition coefficient (Wildman–Crippen LogP) is -1.15. The lowest BCUT2D eigenvalue weighted by Gasteiger charge is -2.17. The molecule has 1 fully saturated rings. The zero-order valence-corrected chi connectivity index (χ0v) is 17.0. The Kier molecular flexibility index (Phi) is 7.35. The number of amides is 2. The number of aliphatic hydroxyl groups excluding tert-OH is 2. The summed E-state index contributed by atoms with van der Waals surface area (Å²) in [6.07, 6.45) is -4.78. The van der Waals surface area contributed by atoms with Gasteiger partial charge in [0.2, 0.25) is 5.82 Å². The van der Waals surface area contributed by atoms with E-state index in [1.54, 1.807) is 24.3 Å². The van der Waals surface area contributed by atoms with Gasteiger partial charge in [0.1, 0.15) is 43.9 Å². The third kappa shape index (κ3) is 5.57. The van der Waals surface area contributed by atoms with Crippen molar-refractivity contribution in [1.82, 2.24) is 20.1 Å². The number of alkyl carbamates (subject to hydrolysis) is 1. The molecule has 0 spiro atoms. The van der Waals surface area contributed by atoms with Gasteiger partial charge in [-0.2, -0.15) is 0 Å². The summed E-state index contributed by atoms with van der Waals surface area (Å²) < 4.78 is 16.6. The molecular weight excluding hydrogens is 426 g/mol. The Morgan fingerprint density at radius 1 is 1.22 bits per heavy atom. The highest BCUT2D eigenvalue weighted by atomic mass is 16.6. The molecule has 1 saturated heterocycles. The highest BCUT2D eigenvalue weighted by Gasteiger charge is 2.45. The lowest BCUT2D eigenvalue weighted by atomic mass is 10.1. The van der Waals surface area contributed by atoms with E-state index in [1.165, 1.54) is 6.92 Å². The fraction of sp³-hybridized carbons (Fsp3) is 0.421. The van der Waals surface area contributed by atoms with E-state index in [0.29, 0.717) is 0 Å². The summed E-state index contributed by atoms with van der Waals surface area (Å²) in [6, 6.07) is 7.97. The average molecular weight is 449 g/mol. The van der Waals surface area contributed by atoms with Gasteiger partial charge in [0, 0.05) is 0 Å². The van der Waals surface area contributed by atoms with Crippen molar-refractivity contribution in [2.75, 3.05) is 6.61 Å². The van der Waals surface area contributed by atoms with Crippen molar-refractivity contribution in [3.8, 4) is 0 Å². The number of ether oxygens (including phenoxy) is 3. The van der Waals surface area contributed by atoms with Crippen LogP contribution in [0.25, 0.3) is 0 Å². The highest BCUT2D eigenvalue weighted by molar-refractivity contribution is 5.88. The maximum Gasteiger partial charge on any atom is 0.408 e. The monoisotopic (exact) mass is 449 g/mol. The van der Waals surface area contributed by atoms with E-state index in [0.717, 1.165) is 16.6 Å². The number of nitrogens with zero attached hydrogens (tertiary/aromatic N) is 3. The standard InChI is InChI=1S/C19H23N5O8/c1-10(22-19(29)31-7-11-5-3-2-4-6-11)18(28)30-8-12-13(25)14(26)17(32-12)24-9-21-16(23-24)15(20)27/h2-6,9-10,12-14,17,25-26H,7-8H2,1H3,(H2,20,27)(H,22,29)/t10-,12+,13+,14?,17+/m0/s1. The number of carbonyl (C=O) groups excluding carboxylic acids is 3. The quantitative estimate of drug-likeness (QED) is 0.358. The molecule has 1 aliphatic rings. The molecule has 0 bridgehead atoms. The molecule has 1 aromatic carbocycles. The molecule has 172 valence electrons. The topological polar surface area (TPSA) is 188 Å². The number of nitrogens with two attached hydrogens (primary N) is 1. The van der Waals surface area contributed by atoms with Gasteiger partial charge in [0.25, 0.3) is 5.91 Å². The van der Waals surface area contributed by atoms with Gasteiger partial charge in [-0.1, -0.05) is 30.3 Å². The molecule has 1 aromatic heterocycles. The lowest BCUT2D eigenvalue weighted by molar-refractivity contribution is -0.152. The summed E-state index contributed by atoms with van der Waals surface area (Å²) in [6.45, 7) is 1.03. The van der Waals surface area contributed by atoms with Gasteiger partial charge >= 0.3 is 12.1 Å².